The van der Waals surface area contributed by atoms with E-state index < -0.39 is 0 Å². The minimum Gasteiger partial charge on any atom is -0.356 e. The van der Waals surface area contributed by atoms with Crippen LogP contribution in [-0.2, 0) is 16.1 Å². The van der Waals surface area contributed by atoms with Crippen LogP contribution in [0.3, 0.4) is 0 Å². The first-order chi connectivity index (χ1) is 14.0. The first kappa shape index (κ1) is 19.2. The number of carbonyl (C=O) groups is 2. The van der Waals surface area contributed by atoms with Crippen molar-refractivity contribution in [2.75, 3.05) is 18.0 Å². The van der Waals surface area contributed by atoms with Crippen LogP contribution in [-0.4, -0.2) is 34.7 Å². The number of amides is 2. The van der Waals surface area contributed by atoms with Gasteiger partial charge in [0.25, 0.3) is 0 Å². The van der Waals surface area contributed by atoms with Gasteiger partial charge >= 0.3 is 0 Å². The van der Waals surface area contributed by atoms with Gasteiger partial charge in [0.15, 0.2) is 0 Å². The normalized spacial score (nSPS) is 16.6. The predicted molar refractivity (Wildman–Crippen MR) is 114 cm³/mol. The second-order valence-corrected chi connectivity index (χ2v) is 7.70. The summed E-state index contributed by atoms with van der Waals surface area (Å²) in [6.45, 7) is 5.78. The molecule has 4 rings (SSSR count). The highest BCUT2D eigenvalue weighted by molar-refractivity contribution is 6.06. The second-order valence-electron chi connectivity index (χ2n) is 7.70. The Kier molecular flexibility index (Phi) is 5.34. The van der Waals surface area contributed by atoms with Crippen LogP contribution in [0.4, 0.5) is 5.69 Å². The van der Waals surface area contributed by atoms with Crippen molar-refractivity contribution in [3.05, 3.63) is 59.9 Å². The molecule has 0 bridgehead atoms. The summed E-state index contributed by atoms with van der Waals surface area (Å²) in [5.74, 6) is -0.353. The van der Waals surface area contributed by atoms with Gasteiger partial charge in [0, 0.05) is 37.1 Å². The molecule has 1 aromatic heterocycles. The van der Waals surface area contributed by atoms with Crippen molar-refractivity contribution >= 4 is 28.3 Å². The Bertz CT molecular complexity index is 1050. The lowest BCUT2D eigenvalue weighted by Crippen LogP contribution is -2.34. The molecule has 0 aliphatic carbocycles. The Labute approximate surface area is 170 Å². The van der Waals surface area contributed by atoms with Crippen LogP contribution in [0.25, 0.3) is 10.8 Å². The van der Waals surface area contributed by atoms with E-state index in [0.717, 1.165) is 40.8 Å². The molecular weight excluding hydrogens is 364 g/mol. The number of aromatic nitrogens is 2. The first-order valence-corrected chi connectivity index (χ1v) is 10.1. The number of aryl methyl sites for hydroxylation is 3. The maximum absolute atomic E-state index is 12.6. The minimum absolute atomic E-state index is 0.00384. The van der Waals surface area contributed by atoms with Crippen molar-refractivity contribution in [2.24, 2.45) is 5.92 Å². The van der Waals surface area contributed by atoms with Gasteiger partial charge in [-0.2, -0.15) is 5.10 Å². The van der Waals surface area contributed by atoms with E-state index >= 15 is 0 Å². The molecule has 3 aromatic rings. The Hall–Kier alpha value is -3.15. The molecule has 0 saturated carbocycles. The Morgan fingerprint density at radius 1 is 1.17 bits per heavy atom. The quantitative estimate of drug-likeness (QED) is 0.657. The van der Waals surface area contributed by atoms with Crippen molar-refractivity contribution in [3.8, 4) is 0 Å². The van der Waals surface area contributed by atoms with Crippen LogP contribution in [0, 0.1) is 19.8 Å². The Balaban J connectivity index is 1.35. The van der Waals surface area contributed by atoms with Crippen molar-refractivity contribution < 1.29 is 9.59 Å². The Morgan fingerprint density at radius 2 is 1.97 bits per heavy atom. The van der Waals surface area contributed by atoms with Gasteiger partial charge in [0.05, 0.1) is 17.3 Å². The molecule has 6 heteroatoms. The second kappa shape index (κ2) is 8.07. The van der Waals surface area contributed by atoms with E-state index in [4.69, 9.17) is 0 Å². The van der Waals surface area contributed by atoms with E-state index in [1.165, 1.54) is 0 Å². The number of anilines is 1. The largest absolute Gasteiger partial charge is 0.356 e. The fourth-order valence-electron chi connectivity index (χ4n) is 4.05. The summed E-state index contributed by atoms with van der Waals surface area (Å²) in [7, 11) is 0. The van der Waals surface area contributed by atoms with Gasteiger partial charge in [0.1, 0.15) is 0 Å². The average molecular weight is 390 g/mol. The third kappa shape index (κ3) is 4.01. The van der Waals surface area contributed by atoms with E-state index in [9.17, 15) is 9.59 Å². The van der Waals surface area contributed by atoms with E-state index in [1.54, 1.807) is 4.90 Å². The predicted octanol–water partition coefficient (Wildman–Crippen LogP) is 3.21. The summed E-state index contributed by atoms with van der Waals surface area (Å²) in [6.07, 6.45) is 1.06. The van der Waals surface area contributed by atoms with Crippen molar-refractivity contribution in [3.63, 3.8) is 0 Å². The summed E-state index contributed by atoms with van der Waals surface area (Å²) in [6, 6.07) is 16.0. The minimum atomic E-state index is -0.310. The molecule has 0 radical (unpaired) electrons. The van der Waals surface area contributed by atoms with Gasteiger partial charge < -0.3 is 10.2 Å². The van der Waals surface area contributed by atoms with E-state index in [1.807, 2.05) is 67.1 Å². The highest BCUT2D eigenvalue weighted by Gasteiger charge is 2.35. The molecule has 1 N–H and O–H groups in total. The molecule has 29 heavy (non-hydrogen) atoms. The standard InChI is InChI=1S/C23H26N4O2/c1-16-13-17(2)27(25-16)12-6-11-24-23(29)19-14-22(28)26(15-19)21-10-5-8-18-7-3-4-9-20(18)21/h3-5,7-10,13,19H,6,11-12,14-15H2,1-2H3,(H,24,29)/t19-/m0/s1. The maximum Gasteiger partial charge on any atom is 0.227 e. The number of rotatable bonds is 6. The number of nitrogens with one attached hydrogen (secondary N) is 1. The maximum atomic E-state index is 12.6. The Morgan fingerprint density at radius 3 is 2.76 bits per heavy atom. The number of carbonyl (C=O) groups excluding carboxylic acids is 2. The number of nitrogens with zero attached hydrogens (tertiary/aromatic N) is 3. The SMILES string of the molecule is Cc1cc(C)n(CCCNC(=O)[C@H]2CC(=O)N(c3cccc4ccccc34)C2)n1. The summed E-state index contributed by atoms with van der Waals surface area (Å²) in [4.78, 5) is 27.0. The van der Waals surface area contributed by atoms with Crippen LogP contribution >= 0.6 is 0 Å². The zero-order valence-corrected chi connectivity index (χ0v) is 16.9. The highest BCUT2D eigenvalue weighted by atomic mass is 16.2. The number of hydrogen-bond donors (Lipinski definition) is 1. The lowest BCUT2D eigenvalue weighted by molar-refractivity contribution is -0.126. The van der Waals surface area contributed by atoms with E-state index in [-0.39, 0.29) is 24.2 Å². The third-order valence-corrected chi connectivity index (χ3v) is 5.50. The van der Waals surface area contributed by atoms with Gasteiger partial charge in [-0.25, -0.2) is 0 Å². The molecule has 0 unspecified atom stereocenters. The average Bonchev–Trinajstić information content (AvgIpc) is 3.26. The van der Waals surface area contributed by atoms with E-state index in [2.05, 4.69) is 10.4 Å². The molecule has 0 spiro atoms. The van der Waals surface area contributed by atoms with Crippen molar-refractivity contribution in [1.29, 1.82) is 0 Å². The van der Waals surface area contributed by atoms with Gasteiger partial charge in [-0.05, 0) is 37.8 Å². The molecule has 1 atom stereocenters. The topological polar surface area (TPSA) is 67.2 Å². The zero-order chi connectivity index (χ0) is 20.4. The summed E-state index contributed by atoms with van der Waals surface area (Å²) >= 11 is 0. The molecule has 1 fully saturated rings. The molecule has 1 aliphatic rings. The highest BCUT2D eigenvalue weighted by Crippen LogP contribution is 2.31. The van der Waals surface area contributed by atoms with Crippen LogP contribution in [0.5, 0.6) is 0 Å². The van der Waals surface area contributed by atoms with Crippen molar-refractivity contribution in [1.82, 2.24) is 15.1 Å². The number of hydrogen-bond acceptors (Lipinski definition) is 3. The fourth-order valence-corrected chi connectivity index (χ4v) is 4.05. The summed E-state index contributed by atoms with van der Waals surface area (Å²) in [5, 5.41) is 9.56. The molecule has 1 aliphatic heterocycles. The molecule has 1 saturated heterocycles. The monoisotopic (exact) mass is 390 g/mol. The zero-order valence-electron chi connectivity index (χ0n) is 16.9. The number of fused-ring (bicyclic) bond motifs is 1. The number of benzene rings is 2. The van der Waals surface area contributed by atoms with Gasteiger partial charge in [-0.3, -0.25) is 14.3 Å². The third-order valence-electron chi connectivity index (χ3n) is 5.50. The van der Waals surface area contributed by atoms with Gasteiger partial charge in [-0.1, -0.05) is 36.4 Å². The van der Waals surface area contributed by atoms with Crippen LogP contribution in [0.2, 0.25) is 0 Å². The molecule has 2 heterocycles. The molecular formula is C23H26N4O2. The van der Waals surface area contributed by atoms with Gasteiger partial charge in [0.2, 0.25) is 11.8 Å². The van der Waals surface area contributed by atoms with Crippen LogP contribution < -0.4 is 10.2 Å². The molecule has 2 aromatic carbocycles. The van der Waals surface area contributed by atoms with E-state index in [0.29, 0.717) is 13.1 Å². The lowest BCUT2D eigenvalue weighted by atomic mass is 10.1. The van der Waals surface area contributed by atoms with Gasteiger partial charge in [-0.15, -0.1) is 0 Å². The molecule has 6 nitrogen and oxygen atoms in total. The summed E-state index contributed by atoms with van der Waals surface area (Å²) < 4.78 is 1.96. The summed E-state index contributed by atoms with van der Waals surface area (Å²) in [5.41, 5.74) is 3.01. The van der Waals surface area contributed by atoms with Crippen LogP contribution in [0.1, 0.15) is 24.2 Å². The van der Waals surface area contributed by atoms with Crippen LogP contribution in [0.15, 0.2) is 48.5 Å². The fraction of sp³-hybridized carbons (Fsp3) is 0.348. The van der Waals surface area contributed by atoms with Crippen molar-refractivity contribution in [2.45, 2.75) is 33.2 Å². The molecule has 2 amide bonds. The first-order valence-electron chi connectivity index (χ1n) is 10.1. The molecule has 150 valence electrons. The lowest BCUT2D eigenvalue weighted by Gasteiger charge is -2.19. The smallest absolute Gasteiger partial charge is 0.227 e.